The summed E-state index contributed by atoms with van der Waals surface area (Å²) < 4.78 is 10.8. The van der Waals surface area contributed by atoms with Gasteiger partial charge in [-0.05, 0) is 62.1 Å². The second-order valence-electron chi connectivity index (χ2n) is 10.6. The molecule has 0 aromatic heterocycles. The first-order chi connectivity index (χ1) is 19.4. The summed E-state index contributed by atoms with van der Waals surface area (Å²) in [6.45, 7) is 6.82. The van der Waals surface area contributed by atoms with Gasteiger partial charge in [0.05, 0.1) is 11.5 Å². The van der Waals surface area contributed by atoms with Crippen molar-refractivity contribution in [2.45, 2.75) is 52.4 Å². The van der Waals surface area contributed by atoms with Gasteiger partial charge in [-0.3, -0.25) is 9.59 Å². The Bertz CT molecular complexity index is 1350. The molecule has 2 unspecified atom stereocenters. The SMILES string of the molecule is CC(=O)SCC(Cc1ccccc1)C(=O)Nc1cccc(C(=O)OCc2ccc(C(N)C(=O)OC(C)(C)C)cc2)c1. The van der Waals surface area contributed by atoms with E-state index < -0.39 is 29.5 Å². The zero-order valence-electron chi connectivity index (χ0n) is 23.7. The van der Waals surface area contributed by atoms with Gasteiger partial charge in [0.2, 0.25) is 5.91 Å². The molecule has 0 spiro atoms. The van der Waals surface area contributed by atoms with Crippen LogP contribution in [-0.4, -0.2) is 34.3 Å². The highest BCUT2D eigenvalue weighted by Crippen LogP contribution is 2.21. The molecular formula is C32H36N2O6S. The summed E-state index contributed by atoms with van der Waals surface area (Å²) in [5, 5.41) is 2.82. The summed E-state index contributed by atoms with van der Waals surface area (Å²) in [5.74, 6) is -1.40. The van der Waals surface area contributed by atoms with Gasteiger partial charge in [-0.15, -0.1) is 0 Å². The highest BCUT2D eigenvalue weighted by molar-refractivity contribution is 8.13. The van der Waals surface area contributed by atoms with Gasteiger partial charge < -0.3 is 20.5 Å². The third-order valence-corrected chi connectivity index (χ3v) is 6.89. The Morgan fingerprint density at radius 3 is 2.22 bits per heavy atom. The minimum absolute atomic E-state index is 0.0127. The molecule has 8 nitrogen and oxygen atoms in total. The second-order valence-corrected chi connectivity index (χ2v) is 11.8. The quantitative estimate of drug-likeness (QED) is 0.288. The standard InChI is InChI=1S/C32H36N2O6S/c1-21(35)41-20-26(17-22-9-6-5-7-10-22)29(36)34-27-12-8-11-25(18-27)30(37)39-19-23-13-15-24(16-14-23)28(33)31(38)40-32(2,3)4/h5-16,18,26,28H,17,19-20,33H2,1-4H3,(H,34,36). The molecule has 3 N–H and O–H groups in total. The molecule has 9 heteroatoms. The number of benzene rings is 3. The van der Waals surface area contributed by atoms with E-state index in [0.717, 1.165) is 22.9 Å². The van der Waals surface area contributed by atoms with E-state index in [-0.39, 0.29) is 23.2 Å². The first kappa shape index (κ1) is 31.6. The minimum Gasteiger partial charge on any atom is -0.459 e. The summed E-state index contributed by atoms with van der Waals surface area (Å²) in [4.78, 5) is 49.6. The lowest BCUT2D eigenvalue weighted by molar-refractivity contribution is -0.156. The topological polar surface area (TPSA) is 125 Å². The monoisotopic (exact) mass is 576 g/mol. The Morgan fingerprint density at radius 2 is 1.59 bits per heavy atom. The highest BCUT2D eigenvalue weighted by Gasteiger charge is 2.24. The van der Waals surface area contributed by atoms with Gasteiger partial charge in [0.1, 0.15) is 18.2 Å². The highest BCUT2D eigenvalue weighted by atomic mass is 32.2. The summed E-state index contributed by atoms with van der Waals surface area (Å²) >= 11 is 1.11. The van der Waals surface area contributed by atoms with E-state index in [2.05, 4.69) is 5.32 Å². The van der Waals surface area contributed by atoms with E-state index >= 15 is 0 Å². The molecule has 1 amide bonds. The molecule has 216 valence electrons. The lowest BCUT2D eigenvalue weighted by Crippen LogP contribution is -2.31. The smallest absolute Gasteiger partial charge is 0.338 e. The van der Waals surface area contributed by atoms with E-state index in [1.165, 1.54) is 6.92 Å². The van der Waals surface area contributed by atoms with Crippen molar-refractivity contribution in [3.8, 4) is 0 Å². The predicted octanol–water partition coefficient (Wildman–Crippen LogP) is 5.46. The molecule has 3 rings (SSSR count). The van der Waals surface area contributed by atoms with Crippen LogP contribution in [0.4, 0.5) is 5.69 Å². The lowest BCUT2D eigenvalue weighted by Gasteiger charge is -2.22. The van der Waals surface area contributed by atoms with Crippen LogP contribution in [0, 0.1) is 5.92 Å². The maximum atomic E-state index is 13.1. The number of esters is 2. The van der Waals surface area contributed by atoms with Crippen molar-refractivity contribution in [1.82, 2.24) is 0 Å². The molecule has 3 aromatic carbocycles. The molecule has 0 saturated heterocycles. The Kier molecular flexibility index (Phi) is 11.3. The first-order valence-electron chi connectivity index (χ1n) is 13.2. The molecule has 0 radical (unpaired) electrons. The van der Waals surface area contributed by atoms with Crippen LogP contribution >= 0.6 is 11.8 Å². The van der Waals surface area contributed by atoms with Gasteiger partial charge in [0, 0.05) is 18.4 Å². The molecule has 0 aliphatic carbocycles. The van der Waals surface area contributed by atoms with Crippen LogP contribution in [-0.2, 0) is 36.9 Å². The number of hydrogen-bond donors (Lipinski definition) is 2. The Balaban J connectivity index is 1.59. The number of amides is 1. The number of carbonyl (C=O) groups is 4. The normalized spacial score (nSPS) is 12.6. The third kappa shape index (κ3) is 10.5. The average molecular weight is 577 g/mol. The Morgan fingerprint density at radius 1 is 0.902 bits per heavy atom. The van der Waals surface area contributed by atoms with Crippen molar-refractivity contribution in [3.63, 3.8) is 0 Å². The first-order valence-corrected chi connectivity index (χ1v) is 14.2. The summed E-state index contributed by atoms with van der Waals surface area (Å²) in [7, 11) is 0. The van der Waals surface area contributed by atoms with Crippen LogP contribution in [0.1, 0.15) is 60.8 Å². The van der Waals surface area contributed by atoms with Gasteiger partial charge in [0.15, 0.2) is 5.12 Å². The van der Waals surface area contributed by atoms with Gasteiger partial charge in [-0.1, -0.05) is 72.4 Å². The average Bonchev–Trinajstić information content (AvgIpc) is 2.93. The van der Waals surface area contributed by atoms with E-state index in [0.29, 0.717) is 23.4 Å². The number of nitrogens with two attached hydrogens (primary N) is 1. The summed E-state index contributed by atoms with van der Waals surface area (Å²) in [6, 6.07) is 22.1. The van der Waals surface area contributed by atoms with Gasteiger partial charge >= 0.3 is 11.9 Å². The van der Waals surface area contributed by atoms with Crippen molar-refractivity contribution >= 4 is 40.4 Å². The van der Waals surface area contributed by atoms with E-state index in [1.807, 2.05) is 30.3 Å². The fourth-order valence-electron chi connectivity index (χ4n) is 3.87. The predicted molar refractivity (Wildman–Crippen MR) is 160 cm³/mol. The van der Waals surface area contributed by atoms with Crippen molar-refractivity contribution in [1.29, 1.82) is 0 Å². The summed E-state index contributed by atoms with van der Waals surface area (Å²) in [5.41, 5.74) is 8.42. The molecule has 0 aliphatic rings. The molecule has 0 aliphatic heterocycles. The van der Waals surface area contributed by atoms with Crippen LogP contribution in [0.3, 0.4) is 0 Å². The van der Waals surface area contributed by atoms with Gasteiger partial charge in [0.25, 0.3) is 0 Å². The Labute approximate surface area is 245 Å². The van der Waals surface area contributed by atoms with Crippen LogP contribution in [0.15, 0.2) is 78.9 Å². The van der Waals surface area contributed by atoms with Crippen molar-refractivity contribution in [2.75, 3.05) is 11.1 Å². The number of nitrogens with one attached hydrogen (secondary N) is 1. The van der Waals surface area contributed by atoms with E-state index in [4.69, 9.17) is 15.2 Å². The van der Waals surface area contributed by atoms with Crippen LogP contribution in [0.25, 0.3) is 0 Å². The van der Waals surface area contributed by atoms with Crippen LogP contribution < -0.4 is 11.1 Å². The van der Waals surface area contributed by atoms with Crippen LogP contribution in [0.2, 0.25) is 0 Å². The van der Waals surface area contributed by atoms with E-state index in [9.17, 15) is 19.2 Å². The zero-order valence-corrected chi connectivity index (χ0v) is 24.5. The second kappa shape index (κ2) is 14.6. The maximum Gasteiger partial charge on any atom is 0.338 e. The molecule has 41 heavy (non-hydrogen) atoms. The van der Waals surface area contributed by atoms with Gasteiger partial charge in [-0.25, -0.2) is 9.59 Å². The molecule has 3 aromatic rings. The number of hydrogen-bond acceptors (Lipinski definition) is 8. The molecule has 0 heterocycles. The molecule has 2 atom stereocenters. The lowest BCUT2D eigenvalue weighted by atomic mass is 10.00. The molecule has 0 bridgehead atoms. The van der Waals surface area contributed by atoms with Crippen molar-refractivity contribution < 1.29 is 28.7 Å². The zero-order chi connectivity index (χ0) is 30.0. The largest absolute Gasteiger partial charge is 0.459 e. The van der Waals surface area contributed by atoms with E-state index in [1.54, 1.807) is 69.3 Å². The number of rotatable bonds is 11. The third-order valence-electron chi connectivity index (χ3n) is 5.92. The number of anilines is 1. The Hall–Kier alpha value is -3.95. The number of carbonyl (C=O) groups excluding carboxylic acids is 4. The molecule has 0 fully saturated rings. The van der Waals surface area contributed by atoms with Crippen molar-refractivity contribution in [3.05, 3.63) is 101 Å². The molecule has 0 saturated carbocycles. The summed E-state index contributed by atoms with van der Waals surface area (Å²) in [6.07, 6.45) is 0.482. The molecular weight excluding hydrogens is 540 g/mol. The minimum atomic E-state index is -0.919. The van der Waals surface area contributed by atoms with Crippen LogP contribution in [0.5, 0.6) is 0 Å². The number of ether oxygens (including phenoxy) is 2. The fraction of sp³-hybridized carbons (Fsp3) is 0.312. The van der Waals surface area contributed by atoms with Crippen molar-refractivity contribution in [2.24, 2.45) is 11.7 Å². The maximum absolute atomic E-state index is 13.1. The number of thioether (sulfide) groups is 1. The van der Waals surface area contributed by atoms with Gasteiger partial charge in [-0.2, -0.15) is 0 Å². The fourth-order valence-corrected chi connectivity index (χ4v) is 4.57.